The van der Waals surface area contributed by atoms with Gasteiger partial charge in [0.25, 0.3) is 10.0 Å². The van der Waals surface area contributed by atoms with Crippen molar-refractivity contribution in [2.75, 3.05) is 0 Å². The van der Waals surface area contributed by atoms with Gasteiger partial charge < -0.3 is 0 Å². The Labute approximate surface area is 117 Å². The maximum Gasteiger partial charge on any atom is 0.472 e. The van der Waals surface area contributed by atoms with Crippen LogP contribution in [-0.4, -0.2) is 20.5 Å². The summed E-state index contributed by atoms with van der Waals surface area (Å²) in [5.74, 6) is -2.52. The number of halogens is 3. The van der Waals surface area contributed by atoms with Crippen molar-refractivity contribution in [3.05, 3.63) is 29.8 Å². The van der Waals surface area contributed by atoms with Gasteiger partial charge in [0.15, 0.2) is 0 Å². The van der Waals surface area contributed by atoms with Crippen molar-refractivity contribution < 1.29 is 48.8 Å². The number of aryl methyl sites for hydroxylation is 1. The molecular weight excluding hydrogens is 367 g/mol. The third-order valence-electron chi connectivity index (χ3n) is 1.82. The Kier molecular flexibility index (Phi) is 5.60. The molecule has 105 valence electrons. The van der Waals surface area contributed by atoms with Gasteiger partial charge in [-0.3, -0.25) is 4.79 Å². The molecule has 9 heteroatoms. The van der Waals surface area contributed by atoms with Crippen LogP contribution in [0.15, 0.2) is 29.2 Å². The Morgan fingerprint density at radius 1 is 1.17 bits per heavy atom. The molecule has 1 N–H and O–H groups in total. The summed E-state index contributed by atoms with van der Waals surface area (Å²) in [6, 6.07) is 5.04. The Hall–Kier alpha value is -0.830. The van der Waals surface area contributed by atoms with Crippen LogP contribution in [0.25, 0.3) is 0 Å². The van der Waals surface area contributed by atoms with Gasteiger partial charge >= 0.3 is 12.1 Å². The van der Waals surface area contributed by atoms with Gasteiger partial charge in [0.1, 0.15) is 0 Å². The van der Waals surface area contributed by atoms with Crippen molar-refractivity contribution in [1.82, 2.24) is 4.72 Å². The molecule has 0 aliphatic carbocycles. The van der Waals surface area contributed by atoms with Crippen molar-refractivity contribution in [2.24, 2.45) is 0 Å². The molecule has 1 aromatic carbocycles. The van der Waals surface area contributed by atoms with E-state index in [1.54, 1.807) is 6.92 Å². The van der Waals surface area contributed by atoms with Crippen LogP contribution in [0.1, 0.15) is 5.56 Å². The van der Waals surface area contributed by atoms with Gasteiger partial charge in [-0.1, -0.05) is 17.7 Å². The molecule has 4 nitrogen and oxygen atoms in total. The molecule has 1 radical (unpaired) electrons. The smallest absolute Gasteiger partial charge is 0.263 e. The van der Waals surface area contributed by atoms with Crippen LogP contribution in [0, 0.1) is 6.92 Å². The zero-order valence-electron chi connectivity index (χ0n) is 8.88. The molecule has 0 fully saturated rings. The van der Waals surface area contributed by atoms with Gasteiger partial charge in [0, 0.05) is 22.4 Å². The molecule has 1 rings (SSSR count). The van der Waals surface area contributed by atoms with Crippen molar-refractivity contribution in [2.45, 2.75) is 18.0 Å². The van der Waals surface area contributed by atoms with Crippen LogP contribution in [0.5, 0.6) is 0 Å². The van der Waals surface area contributed by atoms with Gasteiger partial charge in [-0.2, -0.15) is 13.2 Å². The first-order valence-electron chi connectivity index (χ1n) is 4.33. The second-order valence-electron chi connectivity index (χ2n) is 3.25. The number of nitrogens with one attached hydrogen (secondary N) is 1. The third-order valence-corrected chi connectivity index (χ3v) is 3.16. The van der Waals surface area contributed by atoms with E-state index < -0.39 is 27.0 Å². The molecule has 0 saturated heterocycles. The van der Waals surface area contributed by atoms with Crippen LogP contribution < -0.4 is 4.72 Å². The Morgan fingerprint density at radius 2 is 1.61 bits per heavy atom. The number of carbonyl (C=O) groups is 1. The van der Waals surface area contributed by atoms with E-state index in [0.29, 0.717) is 0 Å². The van der Waals surface area contributed by atoms with E-state index in [0.717, 1.165) is 22.4 Å². The SMILES string of the molecule is Cc1ccc(S(=O)(=O)NC(=O)C(F)(F)F)cc1.[Ag]. The average molecular weight is 375 g/mol. The number of benzene rings is 1. The van der Waals surface area contributed by atoms with Crippen LogP contribution in [-0.2, 0) is 37.2 Å². The Morgan fingerprint density at radius 3 is 2.00 bits per heavy atom. The standard InChI is InChI=1S/C9H8F3NO3S.Ag/c1-6-2-4-7(5-3-6)17(15,16)13-8(14)9(10,11)12;/h2-5H,1H3,(H,13,14);. The molecule has 0 bridgehead atoms. The molecule has 0 atom stereocenters. The van der Waals surface area contributed by atoms with Gasteiger partial charge in [-0.05, 0) is 19.1 Å². The predicted octanol–water partition coefficient (Wildman–Crippen LogP) is 1.36. The number of hydrogen-bond donors (Lipinski definition) is 1. The maximum atomic E-state index is 11.9. The van der Waals surface area contributed by atoms with Crippen LogP contribution in [0.3, 0.4) is 0 Å². The number of amides is 1. The van der Waals surface area contributed by atoms with Crippen molar-refractivity contribution >= 4 is 15.9 Å². The summed E-state index contributed by atoms with van der Waals surface area (Å²) >= 11 is 0. The van der Waals surface area contributed by atoms with Crippen molar-refractivity contribution in [1.29, 1.82) is 0 Å². The maximum absolute atomic E-state index is 11.9. The first-order valence-corrected chi connectivity index (χ1v) is 5.82. The minimum atomic E-state index is -5.24. The van der Waals surface area contributed by atoms with Gasteiger partial charge in [0.2, 0.25) is 0 Å². The van der Waals surface area contributed by atoms with Crippen LogP contribution >= 0.6 is 0 Å². The number of rotatable bonds is 2. The number of sulfonamides is 1. The molecule has 0 aromatic heterocycles. The van der Waals surface area contributed by atoms with Gasteiger partial charge in [0.05, 0.1) is 4.90 Å². The van der Waals surface area contributed by atoms with E-state index >= 15 is 0 Å². The van der Waals surface area contributed by atoms with E-state index in [2.05, 4.69) is 0 Å². The van der Waals surface area contributed by atoms with E-state index in [1.165, 1.54) is 12.1 Å². The topological polar surface area (TPSA) is 63.2 Å². The molecule has 1 aromatic rings. The number of alkyl halides is 3. The summed E-state index contributed by atoms with van der Waals surface area (Å²) in [4.78, 5) is 10.1. The number of hydrogen-bond acceptors (Lipinski definition) is 3. The monoisotopic (exact) mass is 374 g/mol. The van der Waals surface area contributed by atoms with E-state index in [9.17, 15) is 26.4 Å². The molecular formula is C9H8AgF3NO3S. The van der Waals surface area contributed by atoms with E-state index in [1.807, 2.05) is 0 Å². The van der Waals surface area contributed by atoms with Crippen molar-refractivity contribution in [3.63, 3.8) is 0 Å². The fraction of sp³-hybridized carbons (Fsp3) is 0.222. The molecule has 0 spiro atoms. The Bertz CT molecular complexity index is 525. The summed E-state index contributed by atoms with van der Waals surface area (Å²) in [7, 11) is -4.48. The summed E-state index contributed by atoms with van der Waals surface area (Å²) < 4.78 is 59.3. The second kappa shape index (κ2) is 5.87. The normalized spacial score (nSPS) is 11.6. The second-order valence-corrected chi connectivity index (χ2v) is 4.93. The molecule has 18 heavy (non-hydrogen) atoms. The summed E-state index contributed by atoms with van der Waals surface area (Å²) in [6.45, 7) is 1.69. The van der Waals surface area contributed by atoms with Gasteiger partial charge in [-0.25, -0.2) is 13.1 Å². The molecule has 0 unspecified atom stereocenters. The zero-order valence-corrected chi connectivity index (χ0v) is 11.2. The van der Waals surface area contributed by atoms with Crippen molar-refractivity contribution in [3.8, 4) is 0 Å². The van der Waals surface area contributed by atoms with Gasteiger partial charge in [-0.15, -0.1) is 0 Å². The fourth-order valence-electron chi connectivity index (χ4n) is 0.956. The molecule has 0 heterocycles. The quantitative estimate of drug-likeness (QED) is 0.795. The third kappa shape index (κ3) is 4.45. The summed E-state index contributed by atoms with van der Waals surface area (Å²) in [6.07, 6.45) is -5.24. The minimum absolute atomic E-state index is 0. The zero-order chi connectivity index (χ0) is 13.3. The molecule has 0 aliphatic heterocycles. The van der Waals surface area contributed by atoms with E-state index in [-0.39, 0.29) is 22.4 Å². The fourth-order valence-corrected chi connectivity index (χ4v) is 1.93. The Balaban J connectivity index is 0.00000289. The first-order chi connectivity index (χ1) is 7.63. The summed E-state index contributed by atoms with van der Waals surface area (Å²) in [5, 5.41) is 0. The largest absolute Gasteiger partial charge is 0.472 e. The van der Waals surface area contributed by atoms with E-state index in [4.69, 9.17) is 0 Å². The summed E-state index contributed by atoms with van der Waals surface area (Å²) in [5.41, 5.74) is 0.742. The molecule has 1 amide bonds. The predicted molar refractivity (Wildman–Crippen MR) is 52.6 cm³/mol. The molecule has 0 saturated carbocycles. The van der Waals surface area contributed by atoms with Crippen LogP contribution in [0.2, 0.25) is 0 Å². The molecule has 0 aliphatic rings. The average Bonchev–Trinajstić information content (AvgIpc) is 2.16. The number of carbonyl (C=O) groups excluding carboxylic acids is 1. The van der Waals surface area contributed by atoms with Crippen LogP contribution in [0.4, 0.5) is 13.2 Å². The first kappa shape index (κ1) is 17.2. The minimum Gasteiger partial charge on any atom is -0.263 e.